The Morgan fingerprint density at radius 2 is 2.00 bits per heavy atom. The van der Waals surface area contributed by atoms with Crippen LogP contribution in [0.3, 0.4) is 0 Å². The number of hydrogen-bond donors (Lipinski definition) is 3. The SMILES string of the molecule is N/N=C(\N)Cc1ccc(Nc2nc(-c3cccc(Cl)c3)nc3c2S(=O)CCC3)cc1. The molecule has 9 heteroatoms. The molecule has 0 bridgehead atoms. The lowest BCUT2D eigenvalue weighted by atomic mass is 10.1. The Labute approximate surface area is 182 Å². The fourth-order valence-corrected chi connectivity index (χ4v) is 4.84. The Hall–Kier alpha value is -2.97. The molecule has 0 fully saturated rings. The van der Waals surface area contributed by atoms with Crippen LogP contribution in [0.2, 0.25) is 5.02 Å². The van der Waals surface area contributed by atoms with Crippen LogP contribution in [-0.2, 0) is 23.6 Å². The molecule has 154 valence electrons. The third-order valence-corrected chi connectivity index (χ3v) is 6.54. The first-order valence-electron chi connectivity index (χ1n) is 9.47. The van der Waals surface area contributed by atoms with Crippen LogP contribution >= 0.6 is 11.6 Å². The Balaban J connectivity index is 1.71. The molecule has 1 atom stereocenters. The first-order valence-corrected chi connectivity index (χ1v) is 11.2. The fraction of sp³-hybridized carbons (Fsp3) is 0.190. The van der Waals surface area contributed by atoms with Gasteiger partial charge in [0.15, 0.2) is 11.6 Å². The van der Waals surface area contributed by atoms with Gasteiger partial charge in [0, 0.05) is 28.4 Å². The van der Waals surface area contributed by atoms with E-state index in [1.807, 2.05) is 42.5 Å². The predicted octanol–water partition coefficient (Wildman–Crippen LogP) is 3.37. The topological polar surface area (TPSA) is 119 Å². The summed E-state index contributed by atoms with van der Waals surface area (Å²) in [5.74, 6) is 7.29. The summed E-state index contributed by atoms with van der Waals surface area (Å²) in [6.45, 7) is 0. The van der Waals surface area contributed by atoms with E-state index in [2.05, 4.69) is 10.4 Å². The van der Waals surface area contributed by atoms with E-state index in [1.165, 1.54) is 0 Å². The molecule has 2 aromatic carbocycles. The highest BCUT2D eigenvalue weighted by molar-refractivity contribution is 7.85. The highest BCUT2D eigenvalue weighted by Gasteiger charge is 2.24. The van der Waals surface area contributed by atoms with Gasteiger partial charge in [-0.25, -0.2) is 9.97 Å². The van der Waals surface area contributed by atoms with E-state index in [1.54, 1.807) is 6.07 Å². The number of nitrogens with two attached hydrogens (primary N) is 2. The zero-order valence-electron chi connectivity index (χ0n) is 16.1. The summed E-state index contributed by atoms with van der Waals surface area (Å²) in [6, 6.07) is 15.1. The molecule has 0 amide bonds. The minimum absolute atomic E-state index is 0.363. The molecule has 4 rings (SSSR count). The number of halogens is 1. The van der Waals surface area contributed by atoms with Gasteiger partial charge in [0.2, 0.25) is 0 Å². The normalized spacial score (nSPS) is 16.2. The zero-order chi connectivity index (χ0) is 21.1. The van der Waals surface area contributed by atoms with Gasteiger partial charge in [-0.1, -0.05) is 35.9 Å². The number of hydrazone groups is 1. The molecule has 1 unspecified atom stereocenters. The average Bonchev–Trinajstić information content (AvgIpc) is 2.75. The molecule has 0 radical (unpaired) electrons. The largest absolute Gasteiger partial charge is 0.385 e. The standard InChI is InChI=1S/C21H21ClN6OS/c22-15-4-1-3-14(12-15)20-26-17-5-2-10-30(29)19(17)21(27-20)25-16-8-6-13(7-9-16)11-18(23)28-24/h1,3-4,6-9,12H,2,5,10-11,24H2,(H2,23,28)(H,25,26,27). The predicted molar refractivity (Wildman–Crippen MR) is 121 cm³/mol. The van der Waals surface area contributed by atoms with Crippen LogP contribution in [0.1, 0.15) is 17.7 Å². The molecule has 30 heavy (non-hydrogen) atoms. The summed E-state index contributed by atoms with van der Waals surface area (Å²) in [6.07, 6.45) is 2.08. The third-order valence-electron chi connectivity index (χ3n) is 4.76. The molecular weight excluding hydrogens is 420 g/mol. The number of hydrogen-bond acceptors (Lipinski definition) is 6. The number of nitrogens with one attached hydrogen (secondary N) is 1. The Bertz CT molecular complexity index is 1130. The Morgan fingerprint density at radius 3 is 2.73 bits per heavy atom. The first kappa shape index (κ1) is 20.3. The molecule has 7 nitrogen and oxygen atoms in total. The van der Waals surface area contributed by atoms with Crippen molar-refractivity contribution in [1.82, 2.24) is 9.97 Å². The molecular formula is C21H21ClN6OS. The molecule has 0 aliphatic carbocycles. The van der Waals surface area contributed by atoms with Gasteiger partial charge in [-0.3, -0.25) is 4.21 Å². The van der Waals surface area contributed by atoms with Crippen LogP contribution in [0, 0.1) is 0 Å². The third kappa shape index (κ3) is 4.44. The van der Waals surface area contributed by atoms with Gasteiger partial charge in [-0.2, -0.15) is 5.10 Å². The van der Waals surface area contributed by atoms with Crippen LogP contribution in [-0.4, -0.2) is 25.8 Å². The number of rotatable bonds is 5. The number of benzene rings is 2. The summed E-state index contributed by atoms with van der Waals surface area (Å²) < 4.78 is 12.7. The smallest absolute Gasteiger partial charge is 0.161 e. The minimum Gasteiger partial charge on any atom is -0.385 e. The second-order valence-electron chi connectivity index (χ2n) is 6.95. The van der Waals surface area contributed by atoms with E-state index in [0.717, 1.165) is 35.3 Å². The van der Waals surface area contributed by atoms with Crippen LogP contribution in [0.25, 0.3) is 11.4 Å². The van der Waals surface area contributed by atoms with Gasteiger partial charge in [0.1, 0.15) is 10.7 Å². The van der Waals surface area contributed by atoms with E-state index >= 15 is 0 Å². The number of aromatic nitrogens is 2. The maximum Gasteiger partial charge on any atom is 0.161 e. The number of anilines is 2. The van der Waals surface area contributed by atoms with E-state index < -0.39 is 10.8 Å². The first-order chi connectivity index (χ1) is 14.5. The molecule has 5 N–H and O–H groups in total. The highest BCUT2D eigenvalue weighted by Crippen LogP contribution is 2.32. The number of nitrogens with zero attached hydrogens (tertiary/aromatic N) is 3. The van der Waals surface area contributed by atoms with E-state index in [-0.39, 0.29) is 0 Å². The molecule has 2 heterocycles. The number of fused-ring (bicyclic) bond motifs is 1. The summed E-state index contributed by atoms with van der Waals surface area (Å²) in [4.78, 5) is 10.1. The van der Waals surface area contributed by atoms with Gasteiger partial charge >= 0.3 is 0 Å². The van der Waals surface area contributed by atoms with Crippen molar-refractivity contribution in [3.05, 3.63) is 64.8 Å². The van der Waals surface area contributed by atoms with Crippen molar-refractivity contribution in [2.75, 3.05) is 11.1 Å². The zero-order valence-corrected chi connectivity index (χ0v) is 17.7. The van der Waals surface area contributed by atoms with Crippen molar-refractivity contribution in [2.24, 2.45) is 16.7 Å². The lowest BCUT2D eigenvalue weighted by Crippen LogP contribution is -2.17. The average molecular weight is 441 g/mol. The van der Waals surface area contributed by atoms with Crippen LogP contribution in [0.4, 0.5) is 11.5 Å². The van der Waals surface area contributed by atoms with Crippen molar-refractivity contribution in [1.29, 1.82) is 0 Å². The monoisotopic (exact) mass is 440 g/mol. The Morgan fingerprint density at radius 1 is 1.20 bits per heavy atom. The molecule has 3 aromatic rings. The van der Waals surface area contributed by atoms with E-state index in [0.29, 0.717) is 39.6 Å². The molecule has 0 saturated heterocycles. The van der Waals surface area contributed by atoms with E-state index in [9.17, 15) is 4.21 Å². The molecule has 1 aliphatic rings. The summed E-state index contributed by atoms with van der Waals surface area (Å²) in [7, 11) is -1.14. The summed E-state index contributed by atoms with van der Waals surface area (Å²) in [5.41, 5.74) is 9.13. The van der Waals surface area contributed by atoms with Crippen LogP contribution in [0.5, 0.6) is 0 Å². The second kappa shape index (κ2) is 8.81. The van der Waals surface area contributed by atoms with Crippen molar-refractivity contribution >= 4 is 39.7 Å². The molecule has 0 saturated carbocycles. The number of amidine groups is 1. The van der Waals surface area contributed by atoms with Gasteiger partial charge in [0.05, 0.1) is 16.5 Å². The van der Waals surface area contributed by atoms with Crippen molar-refractivity contribution < 1.29 is 4.21 Å². The lowest BCUT2D eigenvalue weighted by Gasteiger charge is -2.19. The number of aryl methyl sites for hydroxylation is 1. The molecule has 1 aromatic heterocycles. The molecule has 0 spiro atoms. The van der Waals surface area contributed by atoms with Crippen molar-refractivity contribution in [3.63, 3.8) is 0 Å². The van der Waals surface area contributed by atoms with Gasteiger partial charge in [-0.05, 0) is 42.7 Å². The second-order valence-corrected chi connectivity index (χ2v) is 8.90. The quantitative estimate of drug-likeness (QED) is 0.242. The van der Waals surface area contributed by atoms with Crippen LogP contribution in [0.15, 0.2) is 58.5 Å². The van der Waals surface area contributed by atoms with Gasteiger partial charge in [0.25, 0.3) is 0 Å². The fourth-order valence-electron chi connectivity index (χ4n) is 3.32. The van der Waals surface area contributed by atoms with Gasteiger partial charge < -0.3 is 16.9 Å². The maximum atomic E-state index is 12.7. The summed E-state index contributed by atoms with van der Waals surface area (Å²) in [5, 5.41) is 7.43. The van der Waals surface area contributed by atoms with Crippen LogP contribution < -0.4 is 16.9 Å². The van der Waals surface area contributed by atoms with Crippen molar-refractivity contribution in [2.45, 2.75) is 24.2 Å². The van der Waals surface area contributed by atoms with Crippen molar-refractivity contribution in [3.8, 4) is 11.4 Å². The minimum atomic E-state index is -1.14. The summed E-state index contributed by atoms with van der Waals surface area (Å²) >= 11 is 6.15. The van der Waals surface area contributed by atoms with E-state index in [4.69, 9.17) is 33.1 Å². The molecule has 1 aliphatic heterocycles. The van der Waals surface area contributed by atoms with Gasteiger partial charge in [-0.15, -0.1) is 0 Å². The maximum absolute atomic E-state index is 12.7. The Kier molecular flexibility index (Phi) is 5.96. The lowest BCUT2D eigenvalue weighted by molar-refractivity contribution is 0.670. The highest BCUT2D eigenvalue weighted by atomic mass is 35.5.